The summed E-state index contributed by atoms with van der Waals surface area (Å²) in [6, 6.07) is 8.95. The van der Waals surface area contributed by atoms with Gasteiger partial charge in [0.25, 0.3) is 5.91 Å². The van der Waals surface area contributed by atoms with Crippen molar-refractivity contribution in [3.63, 3.8) is 0 Å². The first-order valence-electron chi connectivity index (χ1n) is 5.33. The van der Waals surface area contributed by atoms with E-state index in [9.17, 15) is 9.59 Å². The SMILES string of the molecule is CCOC(=O)[C@H]1C=NN(c2ccccc2)C1=O. The molecule has 17 heavy (non-hydrogen) atoms. The van der Waals surface area contributed by atoms with Crippen molar-refractivity contribution in [2.45, 2.75) is 6.92 Å². The predicted molar refractivity (Wildman–Crippen MR) is 62.5 cm³/mol. The van der Waals surface area contributed by atoms with E-state index in [1.807, 2.05) is 6.07 Å². The molecule has 1 aromatic carbocycles. The zero-order chi connectivity index (χ0) is 12.3. The number of ether oxygens (including phenoxy) is 1. The number of para-hydroxylation sites is 1. The molecule has 0 fully saturated rings. The van der Waals surface area contributed by atoms with Crippen LogP contribution in [0, 0.1) is 5.92 Å². The number of amides is 1. The molecule has 0 aliphatic carbocycles. The summed E-state index contributed by atoms with van der Waals surface area (Å²) in [6.07, 6.45) is 1.31. The molecule has 5 nitrogen and oxygen atoms in total. The van der Waals surface area contributed by atoms with Gasteiger partial charge in [0.15, 0.2) is 5.92 Å². The Morgan fingerprint density at radius 2 is 2.12 bits per heavy atom. The molecule has 0 radical (unpaired) electrons. The molecule has 0 aromatic heterocycles. The molecular formula is C12H12N2O3. The molecule has 0 unspecified atom stereocenters. The zero-order valence-corrected chi connectivity index (χ0v) is 9.37. The van der Waals surface area contributed by atoms with Crippen molar-refractivity contribution in [1.82, 2.24) is 0 Å². The fourth-order valence-electron chi connectivity index (χ4n) is 1.54. The lowest BCUT2D eigenvalue weighted by atomic mass is 10.1. The molecule has 2 rings (SSSR count). The number of hydrogen-bond acceptors (Lipinski definition) is 4. The van der Waals surface area contributed by atoms with Gasteiger partial charge in [0.05, 0.1) is 12.3 Å². The standard InChI is InChI=1S/C12H12N2O3/c1-2-17-12(16)10-8-13-14(11(10)15)9-6-4-3-5-7-9/h3-8,10H,2H2,1H3/t10-/m0/s1. The minimum absolute atomic E-state index is 0.252. The smallest absolute Gasteiger partial charge is 0.324 e. The van der Waals surface area contributed by atoms with Crippen LogP contribution in [0.2, 0.25) is 0 Å². The molecule has 0 bridgehead atoms. The number of benzene rings is 1. The summed E-state index contributed by atoms with van der Waals surface area (Å²) in [5, 5.41) is 5.14. The Morgan fingerprint density at radius 1 is 1.41 bits per heavy atom. The Bertz CT molecular complexity index is 456. The highest BCUT2D eigenvalue weighted by Gasteiger charge is 2.36. The first-order valence-corrected chi connectivity index (χ1v) is 5.33. The van der Waals surface area contributed by atoms with Gasteiger partial charge in [0, 0.05) is 6.21 Å². The Labute approximate surface area is 98.7 Å². The molecule has 0 saturated carbocycles. The van der Waals surface area contributed by atoms with Crippen molar-refractivity contribution in [1.29, 1.82) is 0 Å². The predicted octanol–water partition coefficient (Wildman–Crippen LogP) is 1.20. The molecule has 1 aliphatic rings. The third-order valence-corrected chi connectivity index (χ3v) is 2.35. The van der Waals surface area contributed by atoms with E-state index < -0.39 is 11.9 Å². The lowest BCUT2D eigenvalue weighted by molar-refractivity contribution is -0.147. The number of rotatable bonds is 3. The van der Waals surface area contributed by atoms with Gasteiger partial charge < -0.3 is 4.74 Å². The normalized spacial score (nSPS) is 18.5. The lowest BCUT2D eigenvalue weighted by Gasteiger charge is -2.13. The maximum Gasteiger partial charge on any atom is 0.324 e. The second-order valence-electron chi connectivity index (χ2n) is 3.48. The number of hydrazone groups is 1. The summed E-state index contributed by atoms with van der Waals surface area (Å²) in [6.45, 7) is 1.95. The minimum atomic E-state index is -0.921. The second kappa shape index (κ2) is 4.78. The lowest BCUT2D eigenvalue weighted by Crippen LogP contribution is -2.32. The number of carbonyl (C=O) groups excluding carboxylic acids is 2. The quantitative estimate of drug-likeness (QED) is 0.581. The molecule has 0 saturated heterocycles. The van der Waals surface area contributed by atoms with Gasteiger partial charge in [-0.25, -0.2) is 0 Å². The Morgan fingerprint density at radius 3 is 2.76 bits per heavy atom. The highest BCUT2D eigenvalue weighted by molar-refractivity contribution is 6.19. The highest BCUT2D eigenvalue weighted by Crippen LogP contribution is 2.20. The molecule has 1 aliphatic heterocycles. The van der Waals surface area contributed by atoms with Gasteiger partial charge in [-0.1, -0.05) is 18.2 Å². The van der Waals surface area contributed by atoms with Gasteiger partial charge >= 0.3 is 5.97 Å². The van der Waals surface area contributed by atoms with E-state index in [4.69, 9.17) is 4.74 Å². The molecule has 1 atom stereocenters. The van der Waals surface area contributed by atoms with Crippen LogP contribution in [0.5, 0.6) is 0 Å². The van der Waals surface area contributed by atoms with Gasteiger partial charge in [0.1, 0.15) is 0 Å². The van der Waals surface area contributed by atoms with Crippen LogP contribution in [0.15, 0.2) is 35.4 Å². The van der Waals surface area contributed by atoms with Crippen LogP contribution in [-0.2, 0) is 14.3 Å². The number of hydrogen-bond donors (Lipinski definition) is 0. The van der Waals surface area contributed by atoms with E-state index in [0.29, 0.717) is 5.69 Å². The Kier molecular flexibility index (Phi) is 3.18. The van der Waals surface area contributed by atoms with E-state index in [1.54, 1.807) is 31.2 Å². The van der Waals surface area contributed by atoms with Crippen LogP contribution in [0.25, 0.3) is 0 Å². The van der Waals surface area contributed by atoms with Gasteiger partial charge in [-0.2, -0.15) is 10.1 Å². The third-order valence-electron chi connectivity index (χ3n) is 2.35. The van der Waals surface area contributed by atoms with Crippen LogP contribution < -0.4 is 5.01 Å². The van der Waals surface area contributed by atoms with Crippen molar-refractivity contribution in [3.05, 3.63) is 30.3 Å². The Hall–Kier alpha value is -2.17. The van der Waals surface area contributed by atoms with E-state index in [0.717, 1.165) is 0 Å². The number of carbonyl (C=O) groups is 2. The first-order chi connectivity index (χ1) is 8.24. The molecule has 0 spiro atoms. The summed E-state index contributed by atoms with van der Waals surface area (Å²) in [5.41, 5.74) is 0.639. The molecule has 1 amide bonds. The average Bonchev–Trinajstić information content (AvgIpc) is 2.72. The van der Waals surface area contributed by atoms with E-state index in [2.05, 4.69) is 5.10 Å². The van der Waals surface area contributed by atoms with Crippen molar-refractivity contribution in [2.75, 3.05) is 11.6 Å². The minimum Gasteiger partial charge on any atom is -0.465 e. The summed E-state index contributed by atoms with van der Waals surface area (Å²) in [4.78, 5) is 23.4. The third kappa shape index (κ3) is 2.18. The summed E-state index contributed by atoms with van der Waals surface area (Å²) in [5.74, 6) is -1.86. The largest absolute Gasteiger partial charge is 0.465 e. The van der Waals surface area contributed by atoms with Gasteiger partial charge in [-0.15, -0.1) is 0 Å². The monoisotopic (exact) mass is 232 g/mol. The van der Waals surface area contributed by atoms with Crippen LogP contribution in [0.4, 0.5) is 5.69 Å². The van der Waals surface area contributed by atoms with Crippen LogP contribution in [0.1, 0.15) is 6.92 Å². The molecule has 0 N–H and O–H groups in total. The fraction of sp³-hybridized carbons (Fsp3) is 0.250. The number of anilines is 1. The van der Waals surface area contributed by atoms with Crippen molar-refractivity contribution < 1.29 is 14.3 Å². The summed E-state index contributed by atoms with van der Waals surface area (Å²) < 4.78 is 4.80. The molecule has 88 valence electrons. The van der Waals surface area contributed by atoms with E-state index >= 15 is 0 Å². The van der Waals surface area contributed by atoms with Crippen LogP contribution >= 0.6 is 0 Å². The summed E-state index contributed by atoms with van der Waals surface area (Å²) in [7, 11) is 0. The fourth-order valence-corrected chi connectivity index (χ4v) is 1.54. The van der Waals surface area contributed by atoms with Gasteiger partial charge in [-0.05, 0) is 19.1 Å². The van der Waals surface area contributed by atoms with Gasteiger partial charge in [0.2, 0.25) is 0 Å². The maximum atomic E-state index is 11.9. The van der Waals surface area contributed by atoms with E-state index in [-0.39, 0.29) is 12.5 Å². The van der Waals surface area contributed by atoms with Crippen LogP contribution in [-0.4, -0.2) is 24.7 Å². The van der Waals surface area contributed by atoms with Crippen LogP contribution in [0.3, 0.4) is 0 Å². The average molecular weight is 232 g/mol. The zero-order valence-electron chi connectivity index (χ0n) is 9.37. The molecule has 1 aromatic rings. The number of nitrogens with zero attached hydrogens (tertiary/aromatic N) is 2. The first kappa shape index (κ1) is 11.3. The topological polar surface area (TPSA) is 59.0 Å². The number of esters is 1. The van der Waals surface area contributed by atoms with E-state index in [1.165, 1.54) is 11.2 Å². The molecule has 5 heteroatoms. The molecule has 1 heterocycles. The van der Waals surface area contributed by atoms with Gasteiger partial charge in [-0.3, -0.25) is 9.59 Å². The van der Waals surface area contributed by atoms with Crippen molar-refractivity contribution >= 4 is 23.8 Å². The second-order valence-corrected chi connectivity index (χ2v) is 3.48. The maximum absolute atomic E-state index is 11.9. The van der Waals surface area contributed by atoms with Crippen molar-refractivity contribution in [3.8, 4) is 0 Å². The summed E-state index contributed by atoms with van der Waals surface area (Å²) >= 11 is 0. The van der Waals surface area contributed by atoms with Crippen molar-refractivity contribution in [2.24, 2.45) is 11.0 Å². The highest BCUT2D eigenvalue weighted by atomic mass is 16.5. The Balaban J connectivity index is 2.14. The molecular weight excluding hydrogens is 220 g/mol.